The number of carbonyl (C=O) groups excluding carboxylic acids is 1. The number of amides is 1. The van der Waals surface area contributed by atoms with E-state index in [9.17, 15) is 13.6 Å². The zero-order chi connectivity index (χ0) is 15.4. The predicted molar refractivity (Wildman–Crippen MR) is 73.9 cm³/mol. The van der Waals surface area contributed by atoms with Crippen LogP contribution < -0.4 is 9.47 Å². The number of ether oxygens (including phenoxy) is 2. The molecule has 1 heterocycles. The lowest BCUT2D eigenvalue weighted by Gasteiger charge is -2.30. The first-order chi connectivity index (χ1) is 10.0. The third-order valence-electron chi connectivity index (χ3n) is 3.71. The van der Waals surface area contributed by atoms with Gasteiger partial charge in [0.15, 0.2) is 11.5 Å². The molecular weight excluding hydrogens is 280 g/mol. The van der Waals surface area contributed by atoms with E-state index in [1.807, 2.05) is 0 Å². The van der Waals surface area contributed by atoms with Gasteiger partial charge in [-0.05, 0) is 30.9 Å². The SMILES string of the molecule is COc1cccc(C(=O)N2CCC(C)CC2)c1OC(F)F. The highest BCUT2D eigenvalue weighted by atomic mass is 19.3. The number of rotatable bonds is 4. The number of methoxy groups -OCH3 is 1. The van der Waals surface area contributed by atoms with Crippen LogP contribution in [0.15, 0.2) is 18.2 Å². The topological polar surface area (TPSA) is 38.8 Å². The molecule has 0 saturated carbocycles. The summed E-state index contributed by atoms with van der Waals surface area (Å²) in [5.74, 6) is 0.220. The quantitative estimate of drug-likeness (QED) is 0.857. The van der Waals surface area contributed by atoms with Gasteiger partial charge in [0.05, 0.1) is 12.7 Å². The molecule has 0 bridgehead atoms. The molecule has 6 heteroatoms. The highest BCUT2D eigenvalue weighted by molar-refractivity contribution is 5.97. The van der Waals surface area contributed by atoms with Crippen LogP contribution in [0.25, 0.3) is 0 Å². The van der Waals surface area contributed by atoms with E-state index in [0.29, 0.717) is 19.0 Å². The van der Waals surface area contributed by atoms with Crippen molar-refractivity contribution in [3.05, 3.63) is 23.8 Å². The highest BCUT2D eigenvalue weighted by Gasteiger charge is 2.26. The van der Waals surface area contributed by atoms with E-state index < -0.39 is 6.61 Å². The summed E-state index contributed by atoms with van der Waals surface area (Å²) in [6.07, 6.45) is 1.83. The number of carbonyl (C=O) groups is 1. The smallest absolute Gasteiger partial charge is 0.387 e. The Morgan fingerprint density at radius 2 is 2.00 bits per heavy atom. The van der Waals surface area contributed by atoms with E-state index in [1.165, 1.54) is 19.2 Å². The summed E-state index contributed by atoms with van der Waals surface area (Å²) >= 11 is 0. The van der Waals surface area contributed by atoms with Gasteiger partial charge in [-0.3, -0.25) is 4.79 Å². The number of likely N-dealkylation sites (tertiary alicyclic amines) is 1. The second kappa shape index (κ2) is 6.74. The summed E-state index contributed by atoms with van der Waals surface area (Å²) in [5.41, 5.74) is 0.115. The Balaban J connectivity index is 2.27. The number of halogens is 2. The zero-order valence-corrected chi connectivity index (χ0v) is 12.1. The summed E-state index contributed by atoms with van der Waals surface area (Å²) in [5, 5.41) is 0. The average Bonchev–Trinajstić information content (AvgIpc) is 2.47. The molecule has 0 N–H and O–H groups in total. The van der Waals surface area contributed by atoms with Crippen molar-refractivity contribution in [3.8, 4) is 11.5 Å². The van der Waals surface area contributed by atoms with Crippen LogP contribution in [0.5, 0.6) is 11.5 Å². The number of hydrogen-bond acceptors (Lipinski definition) is 3. The molecule has 1 aromatic carbocycles. The maximum absolute atomic E-state index is 12.6. The Kier molecular flexibility index (Phi) is 4.98. The number of alkyl halides is 2. The van der Waals surface area contributed by atoms with E-state index in [4.69, 9.17) is 4.74 Å². The van der Waals surface area contributed by atoms with Gasteiger partial charge in [-0.15, -0.1) is 0 Å². The molecule has 2 rings (SSSR count). The molecule has 1 amide bonds. The fourth-order valence-electron chi connectivity index (χ4n) is 2.44. The molecule has 0 unspecified atom stereocenters. The molecule has 1 aliphatic heterocycles. The molecule has 1 aromatic rings. The summed E-state index contributed by atoms with van der Waals surface area (Å²) in [4.78, 5) is 14.2. The maximum atomic E-state index is 12.6. The molecule has 0 radical (unpaired) electrons. The lowest BCUT2D eigenvalue weighted by Crippen LogP contribution is -2.38. The second-order valence-corrected chi connectivity index (χ2v) is 5.19. The van der Waals surface area contributed by atoms with Crippen molar-refractivity contribution in [3.63, 3.8) is 0 Å². The summed E-state index contributed by atoms with van der Waals surface area (Å²) in [6, 6.07) is 4.57. The van der Waals surface area contributed by atoms with Gasteiger partial charge < -0.3 is 14.4 Å². The Hall–Kier alpha value is -1.85. The fraction of sp³-hybridized carbons (Fsp3) is 0.533. The van der Waals surface area contributed by atoms with Gasteiger partial charge in [0, 0.05) is 13.1 Å². The molecule has 0 spiro atoms. The van der Waals surface area contributed by atoms with Gasteiger partial charge in [-0.25, -0.2) is 0 Å². The Labute approximate surface area is 122 Å². The van der Waals surface area contributed by atoms with Crippen molar-refractivity contribution >= 4 is 5.91 Å². The lowest BCUT2D eigenvalue weighted by molar-refractivity contribution is -0.0516. The number of piperidine rings is 1. The maximum Gasteiger partial charge on any atom is 0.387 e. The zero-order valence-electron chi connectivity index (χ0n) is 12.1. The van der Waals surface area contributed by atoms with Crippen LogP contribution in [0.2, 0.25) is 0 Å². The highest BCUT2D eigenvalue weighted by Crippen LogP contribution is 2.33. The number of benzene rings is 1. The van der Waals surface area contributed by atoms with Gasteiger partial charge in [0.1, 0.15) is 0 Å². The van der Waals surface area contributed by atoms with Crippen molar-refractivity contribution in [2.24, 2.45) is 5.92 Å². The third-order valence-corrected chi connectivity index (χ3v) is 3.71. The average molecular weight is 299 g/mol. The molecule has 0 atom stereocenters. The van der Waals surface area contributed by atoms with Crippen molar-refractivity contribution < 1.29 is 23.0 Å². The third kappa shape index (κ3) is 3.62. The Morgan fingerprint density at radius 1 is 1.33 bits per heavy atom. The van der Waals surface area contributed by atoms with Gasteiger partial charge in [-0.2, -0.15) is 8.78 Å². The van der Waals surface area contributed by atoms with Gasteiger partial charge >= 0.3 is 6.61 Å². The van der Waals surface area contributed by atoms with E-state index in [0.717, 1.165) is 12.8 Å². The molecule has 1 fully saturated rings. The van der Waals surface area contributed by atoms with Crippen LogP contribution in [-0.4, -0.2) is 37.6 Å². The van der Waals surface area contributed by atoms with Gasteiger partial charge in [-0.1, -0.05) is 13.0 Å². The van der Waals surface area contributed by atoms with Crippen LogP contribution in [0.4, 0.5) is 8.78 Å². The predicted octanol–water partition coefficient (Wildman–Crippen LogP) is 3.17. The molecule has 0 aliphatic carbocycles. The molecule has 4 nitrogen and oxygen atoms in total. The summed E-state index contributed by atoms with van der Waals surface area (Å²) in [6.45, 7) is 0.393. The molecular formula is C15H19F2NO3. The minimum absolute atomic E-state index is 0.115. The first-order valence-electron chi connectivity index (χ1n) is 6.94. The molecule has 1 aliphatic rings. The van der Waals surface area contributed by atoms with E-state index >= 15 is 0 Å². The molecule has 1 saturated heterocycles. The van der Waals surface area contributed by atoms with Gasteiger partial charge in [0.25, 0.3) is 5.91 Å². The van der Waals surface area contributed by atoms with Crippen LogP contribution in [-0.2, 0) is 0 Å². The first kappa shape index (κ1) is 15.5. The van der Waals surface area contributed by atoms with E-state index in [-0.39, 0.29) is 23.0 Å². The number of para-hydroxylation sites is 1. The minimum atomic E-state index is -3.01. The van der Waals surface area contributed by atoms with Crippen molar-refractivity contribution in [2.45, 2.75) is 26.4 Å². The summed E-state index contributed by atoms with van der Waals surface area (Å²) < 4.78 is 34.6. The summed E-state index contributed by atoms with van der Waals surface area (Å²) in [7, 11) is 1.35. The monoisotopic (exact) mass is 299 g/mol. The van der Waals surface area contributed by atoms with Crippen LogP contribution in [0, 0.1) is 5.92 Å². The van der Waals surface area contributed by atoms with Crippen molar-refractivity contribution in [1.82, 2.24) is 4.90 Å². The Bertz CT molecular complexity index is 500. The largest absolute Gasteiger partial charge is 0.493 e. The number of hydrogen-bond donors (Lipinski definition) is 0. The molecule has 116 valence electrons. The van der Waals surface area contributed by atoms with E-state index in [2.05, 4.69) is 11.7 Å². The van der Waals surface area contributed by atoms with Crippen LogP contribution >= 0.6 is 0 Å². The first-order valence-corrected chi connectivity index (χ1v) is 6.94. The van der Waals surface area contributed by atoms with Crippen LogP contribution in [0.3, 0.4) is 0 Å². The minimum Gasteiger partial charge on any atom is -0.493 e. The van der Waals surface area contributed by atoms with Gasteiger partial charge in [0.2, 0.25) is 0 Å². The van der Waals surface area contributed by atoms with E-state index in [1.54, 1.807) is 11.0 Å². The normalized spacial score (nSPS) is 16.1. The second-order valence-electron chi connectivity index (χ2n) is 5.19. The fourth-order valence-corrected chi connectivity index (χ4v) is 2.44. The van der Waals surface area contributed by atoms with Crippen LogP contribution in [0.1, 0.15) is 30.1 Å². The Morgan fingerprint density at radius 3 is 2.57 bits per heavy atom. The van der Waals surface area contributed by atoms with Crippen molar-refractivity contribution in [2.75, 3.05) is 20.2 Å². The standard InChI is InChI=1S/C15H19F2NO3/c1-10-6-8-18(9-7-10)14(19)11-4-3-5-12(20-2)13(11)21-15(16)17/h3-5,10,15H,6-9H2,1-2H3. The number of nitrogens with zero attached hydrogens (tertiary/aromatic N) is 1. The van der Waals surface area contributed by atoms with Crippen molar-refractivity contribution in [1.29, 1.82) is 0 Å². The lowest BCUT2D eigenvalue weighted by atomic mass is 9.98. The molecule has 0 aromatic heterocycles. The molecule has 21 heavy (non-hydrogen) atoms.